The summed E-state index contributed by atoms with van der Waals surface area (Å²) < 4.78 is 0. The lowest BCUT2D eigenvalue weighted by atomic mass is 10.0. The first kappa shape index (κ1) is 11.0. The van der Waals surface area contributed by atoms with Gasteiger partial charge in [0.2, 0.25) is 0 Å². The smallest absolute Gasteiger partial charge is 0.00777 e. The third kappa shape index (κ3) is 2.34. The van der Waals surface area contributed by atoms with Crippen molar-refractivity contribution < 1.29 is 0 Å². The second kappa shape index (κ2) is 5.00. The molecule has 2 aromatic rings. The molecule has 0 bridgehead atoms. The zero-order valence-corrected chi connectivity index (χ0v) is 9.91. The summed E-state index contributed by atoms with van der Waals surface area (Å²) >= 11 is 5.68. The summed E-state index contributed by atoms with van der Waals surface area (Å²) in [6, 6.07) is 18.8. The lowest BCUT2D eigenvalue weighted by molar-refractivity contribution is 1.56. The second-order valence-corrected chi connectivity index (χ2v) is 3.95. The molecule has 16 heavy (non-hydrogen) atoms. The fraction of sp³-hybridized carbons (Fsp3) is 0.0667. The van der Waals surface area contributed by atoms with E-state index in [0.29, 0.717) is 0 Å². The number of rotatable bonds is 2. The monoisotopic (exact) mass is 228 g/mol. The summed E-state index contributed by atoms with van der Waals surface area (Å²) in [5, 5.41) is 0. The standard InChI is InChI=1S/C15H13Cl/c1-12(11-16)13-7-9-15(10-8-13)14-5-3-2-4-6-14/h2-11H,1H3/b12-11+. The minimum absolute atomic E-state index is 1.08. The van der Waals surface area contributed by atoms with Crippen LogP contribution in [-0.2, 0) is 0 Å². The SMILES string of the molecule is C/C(=C\Cl)c1ccc(-c2ccccc2)cc1. The van der Waals surface area contributed by atoms with Gasteiger partial charge in [-0.25, -0.2) is 0 Å². The van der Waals surface area contributed by atoms with Crippen molar-refractivity contribution in [2.75, 3.05) is 0 Å². The van der Waals surface area contributed by atoms with E-state index < -0.39 is 0 Å². The van der Waals surface area contributed by atoms with E-state index >= 15 is 0 Å². The highest BCUT2D eigenvalue weighted by Crippen LogP contribution is 2.22. The van der Waals surface area contributed by atoms with Crippen LogP contribution in [0.2, 0.25) is 0 Å². The molecule has 0 aromatic heterocycles. The normalized spacial score (nSPS) is 11.5. The fourth-order valence-electron chi connectivity index (χ4n) is 1.62. The van der Waals surface area contributed by atoms with Crippen LogP contribution in [0.4, 0.5) is 0 Å². The highest BCUT2D eigenvalue weighted by atomic mass is 35.5. The number of halogens is 1. The maximum Gasteiger partial charge on any atom is 0.00777 e. The first-order valence-corrected chi connectivity index (χ1v) is 5.68. The maximum atomic E-state index is 5.68. The minimum atomic E-state index is 1.08. The molecule has 0 saturated carbocycles. The third-order valence-corrected chi connectivity index (χ3v) is 2.94. The van der Waals surface area contributed by atoms with E-state index in [1.165, 1.54) is 11.1 Å². The van der Waals surface area contributed by atoms with Gasteiger partial charge in [0.15, 0.2) is 0 Å². The van der Waals surface area contributed by atoms with Crippen LogP contribution >= 0.6 is 11.6 Å². The molecule has 0 aliphatic rings. The Hall–Kier alpha value is -1.53. The predicted molar refractivity (Wildman–Crippen MR) is 71.4 cm³/mol. The Balaban J connectivity index is 2.34. The summed E-state index contributed by atoms with van der Waals surface area (Å²) in [7, 11) is 0. The van der Waals surface area contributed by atoms with Gasteiger partial charge in [0.25, 0.3) is 0 Å². The second-order valence-electron chi connectivity index (χ2n) is 3.74. The first-order chi connectivity index (χ1) is 7.81. The van der Waals surface area contributed by atoms with Crippen molar-refractivity contribution in [2.45, 2.75) is 6.92 Å². The molecule has 0 saturated heterocycles. The van der Waals surface area contributed by atoms with E-state index in [4.69, 9.17) is 11.6 Å². The van der Waals surface area contributed by atoms with E-state index in [0.717, 1.165) is 11.1 Å². The molecule has 0 nitrogen and oxygen atoms in total. The van der Waals surface area contributed by atoms with E-state index in [9.17, 15) is 0 Å². The van der Waals surface area contributed by atoms with Gasteiger partial charge in [0.05, 0.1) is 0 Å². The number of benzene rings is 2. The van der Waals surface area contributed by atoms with Crippen LogP contribution in [0.5, 0.6) is 0 Å². The van der Waals surface area contributed by atoms with Gasteiger partial charge >= 0.3 is 0 Å². The predicted octanol–water partition coefficient (Wildman–Crippen LogP) is 4.95. The highest BCUT2D eigenvalue weighted by molar-refractivity contribution is 6.28. The van der Waals surface area contributed by atoms with Crippen LogP contribution in [0.3, 0.4) is 0 Å². The molecule has 0 unspecified atom stereocenters. The summed E-state index contributed by atoms with van der Waals surface area (Å²) in [6.07, 6.45) is 0. The molecule has 0 N–H and O–H groups in total. The van der Waals surface area contributed by atoms with E-state index in [1.807, 2.05) is 25.1 Å². The molecule has 0 spiro atoms. The minimum Gasteiger partial charge on any atom is -0.0926 e. The Labute approximate surface area is 101 Å². The van der Waals surface area contributed by atoms with Gasteiger partial charge in [-0.1, -0.05) is 66.2 Å². The molecular weight excluding hydrogens is 216 g/mol. The van der Waals surface area contributed by atoms with Crippen LogP contribution in [0.15, 0.2) is 60.1 Å². The van der Waals surface area contributed by atoms with Gasteiger partial charge in [-0.3, -0.25) is 0 Å². The molecule has 0 aliphatic heterocycles. The van der Waals surface area contributed by atoms with Crippen molar-refractivity contribution in [2.24, 2.45) is 0 Å². The van der Waals surface area contributed by atoms with Crippen LogP contribution in [-0.4, -0.2) is 0 Å². The quantitative estimate of drug-likeness (QED) is 0.682. The molecule has 0 heterocycles. The van der Waals surface area contributed by atoms with Gasteiger partial charge in [-0.15, -0.1) is 0 Å². The largest absolute Gasteiger partial charge is 0.0926 e. The van der Waals surface area contributed by atoms with Gasteiger partial charge in [-0.2, -0.15) is 0 Å². The third-order valence-electron chi connectivity index (χ3n) is 2.61. The molecule has 0 fully saturated rings. The summed E-state index contributed by atoms with van der Waals surface area (Å²) in [4.78, 5) is 0. The van der Waals surface area contributed by atoms with Crippen molar-refractivity contribution in [3.05, 3.63) is 65.7 Å². The summed E-state index contributed by atoms with van der Waals surface area (Å²) in [6.45, 7) is 2.00. The molecule has 80 valence electrons. The van der Waals surface area contributed by atoms with E-state index in [1.54, 1.807) is 5.54 Å². The van der Waals surface area contributed by atoms with Crippen LogP contribution < -0.4 is 0 Å². The van der Waals surface area contributed by atoms with Gasteiger partial charge in [0.1, 0.15) is 0 Å². The molecule has 2 rings (SSSR count). The number of allylic oxidation sites excluding steroid dienone is 1. The summed E-state index contributed by atoms with van der Waals surface area (Å²) in [5.41, 5.74) is 6.32. The topological polar surface area (TPSA) is 0 Å². The van der Waals surface area contributed by atoms with E-state index in [2.05, 4.69) is 36.4 Å². The maximum absolute atomic E-state index is 5.68. The number of hydrogen-bond acceptors (Lipinski definition) is 0. The Bertz CT molecular complexity index is 481. The van der Waals surface area contributed by atoms with Crippen LogP contribution in [0.1, 0.15) is 12.5 Å². The average Bonchev–Trinajstić information content (AvgIpc) is 2.39. The Morgan fingerprint density at radius 1 is 0.875 bits per heavy atom. The Morgan fingerprint density at radius 3 is 2.00 bits per heavy atom. The lowest BCUT2D eigenvalue weighted by Crippen LogP contribution is -1.80. The van der Waals surface area contributed by atoms with Gasteiger partial charge in [0, 0.05) is 5.54 Å². The van der Waals surface area contributed by atoms with Crippen molar-refractivity contribution in [3.63, 3.8) is 0 Å². The first-order valence-electron chi connectivity index (χ1n) is 5.24. The molecular formula is C15H13Cl. The molecule has 0 radical (unpaired) electrons. The van der Waals surface area contributed by atoms with Crippen LogP contribution in [0.25, 0.3) is 16.7 Å². The molecule has 1 heteroatoms. The fourth-order valence-corrected chi connectivity index (χ4v) is 1.75. The van der Waals surface area contributed by atoms with Crippen molar-refractivity contribution in [1.82, 2.24) is 0 Å². The van der Waals surface area contributed by atoms with Crippen molar-refractivity contribution >= 4 is 17.2 Å². The van der Waals surface area contributed by atoms with E-state index in [-0.39, 0.29) is 0 Å². The molecule has 0 atom stereocenters. The number of hydrogen-bond donors (Lipinski definition) is 0. The van der Waals surface area contributed by atoms with Crippen molar-refractivity contribution in [1.29, 1.82) is 0 Å². The lowest BCUT2D eigenvalue weighted by Gasteiger charge is -2.04. The summed E-state index contributed by atoms with van der Waals surface area (Å²) in [5.74, 6) is 0. The molecule has 0 aliphatic carbocycles. The van der Waals surface area contributed by atoms with Gasteiger partial charge in [-0.05, 0) is 29.2 Å². The van der Waals surface area contributed by atoms with Crippen molar-refractivity contribution in [3.8, 4) is 11.1 Å². The molecule has 0 amide bonds. The van der Waals surface area contributed by atoms with Gasteiger partial charge < -0.3 is 0 Å². The highest BCUT2D eigenvalue weighted by Gasteiger charge is 1.98. The zero-order valence-electron chi connectivity index (χ0n) is 9.15. The van der Waals surface area contributed by atoms with Crippen LogP contribution in [0, 0.1) is 0 Å². The average molecular weight is 229 g/mol. The Kier molecular flexibility index (Phi) is 3.43. The Morgan fingerprint density at radius 2 is 1.44 bits per heavy atom. The molecule has 2 aromatic carbocycles. The zero-order chi connectivity index (χ0) is 11.4.